The van der Waals surface area contributed by atoms with Gasteiger partial charge in [-0.3, -0.25) is 4.79 Å². The third kappa shape index (κ3) is 5.61. The molecule has 0 aliphatic rings. The van der Waals surface area contributed by atoms with Gasteiger partial charge in [0.05, 0.1) is 10.8 Å². The highest BCUT2D eigenvalue weighted by atomic mass is 35.5. The number of thioether (sulfide) groups is 1. The van der Waals surface area contributed by atoms with Gasteiger partial charge in [0.15, 0.2) is 0 Å². The number of carbonyl (C=O) groups excluding carboxylic acids is 1. The fourth-order valence-electron chi connectivity index (χ4n) is 1.66. The van der Waals surface area contributed by atoms with Gasteiger partial charge in [-0.2, -0.15) is 8.78 Å². The third-order valence-electron chi connectivity index (χ3n) is 2.64. The molecular formula is C15H12ClF2NO3S. The smallest absolute Gasteiger partial charge is 0.387 e. The molecule has 122 valence electrons. The van der Waals surface area contributed by atoms with Crippen LogP contribution in [-0.2, 0) is 4.79 Å². The standard InChI is InChI=1S/C15H12ClF2NO3S/c16-12-7-9(1-6-13(12)22-15(17)18)19-14(21)8-23-11-4-2-10(20)3-5-11/h1-7,15,20H,8H2,(H,19,21). The maximum Gasteiger partial charge on any atom is 0.387 e. The Hall–Kier alpha value is -1.99. The summed E-state index contributed by atoms with van der Waals surface area (Å²) < 4.78 is 28.5. The molecule has 2 rings (SSSR count). The predicted molar refractivity (Wildman–Crippen MR) is 85.5 cm³/mol. The summed E-state index contributed by atoms with van der Waals surface area (Å²) in [6.45, 7) is -2.96. The summed E-state index contributed by atoms with van der Waals surface area (Å²) in [5.74, 6) is -0.128. The average molecular weight is 360 g/mol. The van der Waals surface area contributed by atoms with Crippen molar-refractivity contribution in [1.82, 2.24) is 0 Å². The van der Waals surface area contributed by atoms with Crippen LogP contribution in [0.3, 0.4) is 0 Å². The van der Waals surface area contributed by atoms with E-state index in [1.165, 1.54) is 42.1 Å². The molecule has 0 atom stereocenters. The van der Waals surface area contributed by atoms with Crippen LogP contribution >= 0.6 is 23.4 Å². The summed E-state index contributed by atoms with van der Waals surface area (Å²) >= 11 is 7.10. The molecule has 0 saturated heterocycles. The third-order valence-corrected chi connectivity index (χ3v) is 3.95. The molecule has 0 spiro atoms. The molecule has 0 aliphatic carbocycles. The molecule has 1 amide bonds. The van der Waals surface area contributed by atoms with Gasteiger partial charge >= 0.3 is 6.61 Å². The Morgan fingerprint density at radius 1 is 1.26 bits per heavy atom. The zero-order valence-electron chi connectivity index (χ0n) is 11.6. The molecule has 0 saturated carbocycles. The topological polar surface area (TPSA) is 58.6 Å². The highest BCUT2D eigenvalue weighted by Gasteiger charge is 2.10. The van der Waals surface area contributed by atoms with Crippen LogP contribution in [0.25, 0.3) is 0 Å². The van der Waals surface area contributed by atoms with Crippen molar-refractivity contribution in [3.05, 3.63) is 47.5 Å². The van der Waals surface area contributed by atoms with Crippen LogP contribution in [0.15, 0.2) is 47.4 Å². The molecule has 0 radical (unpaired) electrons. The van der Waals surface area contributed by atoms with Crippen LogP contribution in [0.5, 0.6) is 11.5 Å². The summed E-state index contributed by atoms with van der Waals surface area (Å²) in [7, 11) is 0. The molecule has 0 unspecified atom stereocenters. The van der Waals surface area contributed by atoms with Gasteiger partial charge < -0.3 is 15.2 Å². The molecule has 0 aliphatic heterocycles. The van der Waals surface area contributed by atoms with Crippen LogP contribution in [-0.4, -0.2) is 23.4 Å². The van der Waals surface area contributed by atoms with E-state index in [-0.39, 0.29) is 28.2 Å². The highest BCUT2D eigenvalue weighted by Crippen LogP contribution is 2.29. The second-order valence-corrected chi connectivity index (χ2v) is 5.81. The molecule has 2 N–H and O–H groups in total. The van der Waals surface area contributed by atoms with Crippen LogP contribution in [0, 0.1) is 0 Å². The van der Waals surface area contributed by atoms with Crippen molar-refractivity contribution in [1.29, 1.82) is 0 Å². The maximum atomic E-state index is 12.1. The Morgan fingerprint density at radius 3 is 2.57 bits per heavy atom. The van der Waals surface area contributed by atoms with Crippen LogP contribution in [0.4, 0.5) is 14.5 Å². The predicted octanol–water partition coefficient (Wildman–Crippen LogP) is 4.38. The lowest BCUT2D eigenvalue weighted by Gasteiger charge is -2.09. The van der Waals surface area contributed by atoms with Crippen molar-refractivity contribution < 1.29 is 23.4 Å². The lowest BCUT2D eigenvalue weighted by atomic mass is 10.3. The molecular weight excluding hydrogens is 348 g/mol. The Morgan fingerprint density at radius 2 is 1.96 bits per heavy atom. The fourth-order valence-corrected chi connectivity index (χ4v) is 2.58. The molecule has 0 fully saturated rings. The Bertz CT molecular complexity index is 683. The van der Waals surface area contributed by atoms with E-state index >= 15 is 0 Å². The second-order valence-electron chi connectivity index (χ2n) is 4.35. The molecule has 2 aromatic rings. The zero-order chi connectivity index (χ0) is 16.8. The number of ether oxygens (including phenoxy) is 1. The largest absolute Gasteiger partial charge is 0.508 e. The first kappa shape index (κ1) is 17.4. The first-order chi connectivity index (χ1) is 10.9. The number of halogens is 3. The first-order valence-corrected chi connectivity index (χ1v) is 7.76. The summed E-state index contributed by atoms with van der Waals surface area (Å²) in [5, 5.41) is 11.8. The number of rotatable bonds is 6. The van der Waals surface area contributed by atoms with Gasteiger partial charge in [-0.15, -0.1) is 11.8 Å². The lowest BCUT2D eigenvalue weighted by Crippen LogP contribution is -2.14. The van der Waals surface area contributed by atoms with E-state index < -0.39 is 6.61 Å². The number of alkyl halides is 2. The van der Waals surface area contributed by atoms with E-state index in [2.05, 4.69) is 10.1 Å². The highest BCUT2D eigenvalue weighted by molar-refractivity contribution is 8.00. The first-order valence-electron chi connectivity index (χ1n) is 6.40. The number of nitrogens with one attached hydrogen (secondary N) is 1. The summed E-state index contributed by atoms with van der Waals surface area (Å²) in [6, 6.07) is 10.5. The number of anilines is 1. The van der Waals surface area contributed by atoms with E-state index in [0.717, 1.165) is 4.90 Å². The minimum absolute atomic E-state index is 0.0192. The minimum atomic E-state index is -2.96. The van der Waals surface area contributed by atoms with Crippen molar-refractivity contribution in [2.24, 2.45) is 0 Å². The Kier molecular flexibility index (Phi) is 6.06. The van der Waals surface area contributed by atoms with Crippen molar-refractivity contribution in [2.45, 2.75) is 11.5 Å². The maximum absolute atomic E-state index is 12.1. The zero-order valence-corrected chi connectivity index (χ0v) is 13.2. The number of hydrogen-bond donors (Lipinski definition) is 2. The lowest BCUT2D eigenvalue weighted by molar-refractivity contribution is -0.113. The molecule has 0 aromatic heterocycles. The second kappa shape index (κ2) is 8.03. The molecule has 0 bridgehead atoms. The van der Waals surface area contributed by atoms with E-state index in [4.69, 9.17) is 11.6 Å². The molecule has 23 heavy (non-hydrogen) atoms. The number of amides is 1. The van der Waals surface area contributed by atoms with Gasteiger partial charge in [-0.25, -0.2) is 0 Å². The number of carbonyl (C=O) groups is 1. The van der Waals surface area contributed by atoms with Crippen LogP contribution in [0.2, 0.25) is 5.02 Å². The molecule has 4 nitrogen and oxygen atoms in total. The van der Waals surface area contributed by atoms with Crippen molar-refractivity contribution >= 4 is 35.0 Å². The summed E-state index contributed by atoms with van der Waals surface area (Å²) in [4.78, 5) is 12.7. The average Bonchev–Trinajstić information content (AvgIpc) is 2.49. The summed E-state index contributed by atoms with van der Waals surface area (Å²) in [5.41, 5.74) is 0.382. The monoisotopic (exact) mass is 359 g/mol. The van der Waals surface area contributed by atoms with Crippen molar-refractivity contribution in [3.63, 3.8) is 0 Å². The molecule has 2 aromatic carbocycles. The normalized spacial score (nSPS) is 10.6. The van der Waals surface area contributed by atoms with Gasteiger partial charge in [-0.05, 0) is 42.5 Å². The minimum Gasteiger partial charge on any atom is -0.508 e. The van der Waals surface area contributed by atoms with Gasteiger partial charge in [0.2, 0.25) is 5.91 Å². The number of benzene rings is 2. The van der Waals surface area contributed by atoms with E-state index in [1.54, 1.807) is 12.1 Å². The van der Waals surface area contributed by atoms with Crippen molar-refractivity contribution in [3.8, 4) is 11.5 Å². The van der Waals surface area contributed by atoms with Crippen LogP contribution in [0.1, 0.15) is 0 Å². The van der Waals surface area contributed by atoms with Gasteiger partial charge in [0.1, 0.15) is 11.5 Å². The number of phenolic OH excluding ortho intramolecular Hbond substituents is 1. The van der Waals surface area contributed by atoms with E-state index in [9.17, 15) is 18.7 Å². The SMILES string of the molecule is O=C(CSc1ccc(O)cc1)Nc1ccc(OC(F)F)c(Cl)c1. The Balaban J connectivity index is 1.89. The van der Waals surface area contributed by atoms with Crippen molar-refractivity contribution in [2.75, 3.05) is 11.1 Å². The number of hydrogen-bond acceptors (Lipinski definition) is 4. The Labute approximate surface area is 140 Å². The summed E-state index contributed by atoms with van der Waals surface area (Å²) in [6.07, 6.45) is 0. The van der Waals surface area contributed by atoms with Crippen LogP contribution < -0.4 is 10.1 Å². The van der Waals surface area contributed by atoms with Gasteiger partial charge in [0, 0.05) is 10.6 Å². The fraction of sp³-hybridized carbons (Fsp3) is 0.133. The molecule has 0 heterocycles. The quantitative estimate of drug-likeness (QED) is 0.751. The van der Waals surface area contributed by atoms with E-state index in [0.29, 0.717) is 5.69 Å². The molecule has 8 heteroatoms. The number of aromatic hydroxyl groups is 1. The number of phenols is 1. The van der Waals surface area contributed by atoms with Gasteiger partial charge in [0.25, 0.3) is 0 Å². The van der Waals surface area contributed by atoms with E-state index in [1.807, 2.05) is 0 Å². The van der Waals surface area contributed by atoms with Gasteiger partial charge in [-0.1, -0.05) is 11.6 Å².